The molecule has 2 aromatic carbocycles. The van der Waals surface area contributed by atoms with E-state index < -0.39 is 9.85 Å². The Bertz CT molecular complexity index is 681. The number of likely N-dealkylation sites (N-methyl/N-ethyl adjacent to an activating group) is 1. The third-order valence-corrected chi connectivity index (χ3v) is 4.19. The second kappa shape index (κ2) is 8.91. The van der Waals surface area contributed by atoms with E-state index in [1.165, 1.54) is 24.3 Å². The summed E-state index contributed by atoms with van der Waals surface area (Å²) in [7, 11) is 1.98. The molecule has 0 saturated carbocycles. The van der Waals surface area contributed by atoms with Crippen LogP contribution in [0.25, 0.3) is 0 Å². The fourth-order valence-electron chi connectivity index (χ4n) is 2.32. The molecular formula is C18H21N3O5. The lowest BCUT2D eigenvalue weighted by Crippen LogP contribution is -2.35. The van der Waals surface area contributed by atoms with E-state index in [9.17, 15) is 20.2 Å². The Labute approximate surface area is 151 Å². The molecule has 138 valence electrons. The summed E-state index contributed by atoms with van der Waals surface area (Å²) >= 11 is 0. The SMILES string of the molecule is CC(COc1ccc([N+](=O)[O-])cc1)N(C)CCc1ccc([N+](=O)[O-])cc1. The Morgan fingerprint density at radius 3 is 1.96 bits per heavy atom. The first kappa shape index (κ1) is 19.3. The van der Waals surface area contributed by atoms with Gasteiger partial charge in [-0.3, -0.25) is 25.1 Å². The molecular weight excluding hydrogens is 338 g/mol. The Kier molecular flexibility index (Phi) is 6.62. The Morgan fingerprint density at radius 2 is 1.46 bits per heavy atom. The van der Waals surface area contributed by atoms with Crippen molar-refractivity contribution in [3.05, 3.63) is 74.3 Å². The molecule has 0 amide bonds. The van der Waals surface area contributed by atoms with E-state index in [-0.39, 0.29) is 17.4 Å². The number of nitro groups is 2. The van der Waals surface area contributed by atoms with Crippen LogP contribution in [0.1, 0.15) is 12.5 Å². The smallest absolute Gasteiger partial charge is 0.269 e. The number of nitro benzene ring substituents is 2. The highest BCUT2D eigenvalue weighted by molar-refractivity contribution is 5.36. The van der Waals surface area contributed by atoms with E-state index in [1.807, 2.05) is 14.0 Å². The van der Waals surface area contributed by atoms with Crippen LogP contribution in [0.15, 0.2) is 48.5 Å². The molecule has 0 radical (unpaired) electrons. The van der Waals surface area contributed by atoms with E-state index >= 15 is 0 Å². The summed E-state index contributed by atoms with van der Waals surface area (Å²) < 4.78 is 5.68. The zero-order valence-electron chi connectivity index (χ0n) is 14.7. The average Bonchev–Trinajstić information content (AvgIpc) is 2.64. The predicted molar refractivity (Wildman–Crippen MR) is 97.5 cm³/mol. The van der Waals surface area contributed by atoms with Crippen LogP contribution in [0.5, 0.6) is 5.75 Å². The highest BCUT2D eigenvalue weighted by atomic mass is 16.6. The van der Waals surface area contributed by atoms with Gasteiger partial charge in [0.2, 0.25) is 0 Å². The highest BCUT2D eigenvalue weighted by Gasteiger charge is 2.12. The van der Waals surface area contributed by atoms with Gasteiger partial charge in [-0.15, -0.1) is 0 Å². The van der Waals surface area contributed by atoms with Crippen LogP contribution in [-0.4, -0.2) is 41.0 Å². The monoisotopic (exact) mass is 359 g/mol. The Balaban J connectivity index is 1.78. The molecule has 0 fully saturated rings. The largest absolute Gasteiger partial charge is 0.492 e. The molecule has 2 rings (SSSR count). The quantitative estimate of drug-likeness (QED) is 0.502. The molecule has 1 unspecified atom stereocenters. The van der Waals surface area contributed by atoms with Crippen molar-refractivity contribution in [3.8, 4) is 5.75 Å². The maximum Gasteiger partial charge on any atom is 0.269 e. The topological polar surface area (TPSA) is 98.8 Å². The van der Waals surface area contributed by atoms with E-state index in [2.05, 4.69) is 4.90 Å². The van der Waals surface area contributed by atoms with Crippen LogP contribution in [0.3, 0.4) is 0 Å². The first-order valence-electron chi connectivity index (χ1n) is 8.17. The fourth-order valence-corrected chi connectivity index (χ4v) is 2.32. The third kappa shape index (κ3) is 5.52. The summed E-state index contributed by atoms with van der Waals surface area (Å²) in [6.45, 7) is 3.26. The van der Waals surface area contributed by atoms with Crippen molar-refractivity contribution < 1.29 is 14.6 Å². The standard InChI is InChI=1S/C18H21N3O5/c1-14(13-26-18-9-7-17(8-10-18)21(24)25)19(2)12-11-15-3-5-16(6-4-15)20(22)23/h3-10,14H,11-13H2,1-2H3. The zero-order valence-corrected chi connectivity index (χ0v) is 14.7. The van der Waals surface area contributed by atoms with E-state index in [0.717, 1.165) is 18.5 Å². The van der Waals surface area contributed by atoms with Crippen LogP contribution in [0.4, 0.5) is 11.4 Å². The minimum absolute atomic E-state index is 0.0330. The second-order valence-corrected chi connectivity index (χ2v) is 6.07. The maximum absolute atomic E-state index is 10.7. The van der Waals surface area contributed by atoms with Gasteiger partial charge in [0, 0.05) is 36.9 Å². The van der Waals surface area contributed by atoms with Gasteiger partial charge in [0.1, 0.15) is 12.4 Å². The number of hydrogen-bond acceptors (Lipinski definition) is 6. The molecule has 0 N–H and O–H groups in total. The molecule has 0 spiro atoms. The van der Waals surface area contributed by atoms with Crippen molar-refractivity contribution in [2.75, 3.05) is 20.2 Å². The van der Waals surface area contributed by atoms with Crippen molar-refractivity contribution >= 4 is 11.4 Å². The minimum atomic E-state index is -0.446. The lowest BCUT2D eigenvalue weighted by Gasteiger charge is -2.24. The molecule has 8 heteroatoms. The van der Waals surface area contributed by atoms with Crippen molar-refractivity contribution in [1.82, 2.24) is 4.90 Å². The molecule has 0 saturated heterocycles. The normalized spacial score (nSPS) is 12.0. The number of ether oxygens (including phenoxy) is 1. The first-order chi connectivity index (χ1) is 12.4. The van der Waals surface area contributed by atoms with E-state index in [4.69, 9.17) is 4.74 Å². The van der Waals surface area contributed by atoms with Crippen molar-refractivity contribution in [2.45, 2.75) is 19.4 Å². The lowest BCUT2D eigenvalue weighted by molar-refractivity contribution is -0.385. The van der Waals surface area contributed by atoms with Gasteiger partial charge in [0.05, 0.1) is 9.85 Å². The third-order valence-electron chi connectivity index (χ3n) is 4.19. The molecule has 8 nitrogen and oxygen atoms in total. The molecule has 0 aliphatic carbocycles. The Morgan fingerprint density at radius 1 is 0.962 bits per heavy atom. The van der Waals surface area contributed by atoms with E-state index in [1.54, 1.807) is 24.3 Å². The summed E-state index contributed by atoms with van der Waals surface area (Å²) in [6, 6.07) is 12.7. The fraction of sp³-hybridized carbons (Fsp3) is 0.333. The highest BCUT2D eigenvalue weighted by Crippen LogP contribution is 2.18. The zero-order chi connectivity index (χ0) is 19.1. The summed E-state index contributed by atoms with van der Waals surface area (Å²) in [5.41, 5.74) is 1.16. The van der Waals surface area contributed by atoms with Crippen LogP contribution >= 0.6 is 0 Å². The molecule has 0 aliphatic heterocycles. The van der Waals surface area contributed by atoms with Gasteiger partial charge in [0.25, 0.3) is 11.4 Å². The van der Waals surface area contributed by atoms with Crippen molar-refractivity contribution in [3.63, 3.8) is 0 Å². The molecule has 0 aliphatic rings. The number of nitrogens with zero attached hydrogens (tertiary/aromatic N) is 3. The van der Waals surface area contributed by atoms with Gasteiger partial charge < -0.3 is 4.74 Å². The summed E-state index contributed by atoms with van der Waals surface area (Å²) in [4.78, 5) is 22.6. The van der Waals surface area contributed by atoms with Gasteiger partial charge in [0.15, 0.2) is 0 Å². The molecule has 26 heavy (non-hydrogen) atoms. The summed E-state index contributed by atoms with van der Waals surface area (Å²) in [5, 5.41) is 21.3. The molecule has 0 heterocycles. The number of hydrogen-bond donors (Lipinski definition) is 0. The van der Waals surface area contributed by atoms with Gasteiger partial charge in [-0.1, -0.05) is 12.1 Å². The number of non-ortho nitro benzene ring substituents is 2. The van der Waals surface area contributed by atoms with Crippen molar-refractivity contribution in [1.29, 1.82) is 0 Å². The van der Waals surface area contributed by atoms with Crippen molar-refractivity contribution in [2.24, 2.45) is 0 Å². The lowest BCUT2D eigenvalue weighted by atomic mass is 10.1. The molecule has 0 aromatic heterocycles. The van der Waals surface area contributed by atoms with Crippen LogP contribution in [0, 0.1) is 20.2 Å². The molecule has 0 bridgehead atoms. The minimum Gasteiger partial charge on any atom is -0.492 e. The van der Waals surface area contributed by atoms with Crippen LogP contribution in [-0.2, 0) is 6.42 Å². The average molecular weight is 359 g/mol. The van der Waals surface area contributed by atoms with Crippen LogP contribution < -0.4 is 4.74 Å². The van der Waals surface area contributed by atoms with Gasteiger partial charge in [-0.2, -0.15) is 0 Å². The molecule has 2 aromatic rings. The maximum atomic E-state index is 10.7. The predicted octanol–water partition coefficient (Wildman–Crippen LogP) is 3.44. The first-order valence-corrected chi connectivity index (χ1v) is 8.17. The molecule has 1 atom stereocenters. The number of rotatable bonds is 9. The van der Waals surface area contributed by atoms with Gasteiger partial charge in [-0.25, -0.2) is 0 Å². The van der Waals surface area contributed by atoms with Gasteiger partial charge >= 0.3 is 0 Å². The summed E-state index contributed by atoms with van der Waals surface area (Å²) in [6.07, 6.45) is 0.774. The number of benzene rings is 2. The van der Waals surface area contributed by atoms with Crippen LogP contribution in [0.2, 0.25) is 0 Å². The van der Waals surface area contributed by atoms with E-state index in [0.29, 0.717) is 12.4 Å². The van der Waals surface area contributed by atoms with Gasteiger partial charge in [-0.05, 0) is 38.1 Å². The summed E-state index contributed by atoms with van der Waals surface area (Å²) in [5.74, 6) is 0.589. The second-order valence-electron chi connectivity index (χ2n) is 6.07. The Hall–Kier alpha value is -3.00.